The van der Waals surface area contributed by atoms with Crippen molar-refractivity contribution in [3.8, 4) is 5.69 Å². The Balaban J connectivity index is 2.43. The fourth-order valence-corrected chi connectivity index (χ4v) is 2.59. The van der Waals surface area contributed by atoms with Crippen molar-refractivity contribution >= 4 is 22.7 Å². The molecule has 2 N–H and O–H groups in total. The van der Waals surface area contributed by atoms with Gasteiger partial charge in [-0.2, -0.15) is 5.10 Å². The fourth-order valence-electron chi connectivity index (χ4n) is 2.59. The molecule has 0 atom stereocenters. The highest BCUT2D eigenvalue weighted by atomic mass is 16.6. The molecule has 0 radical (unpaired) electrons. The van der Waals surface area contributed by atoms with Crippen LogP contribution in [-0.2, 0) is 0 Å². The highest BCUT2D eigenvalue weighted by Crippen LogP contribution is 2.26. The summed E-state index contributed by atoms with van der Waals surface area (Å²) in [6, 6.07) is 5.45. The van der Waals surface area contributed by atoms with Crippen LogP contribution in [0.3, 0.4) is 0 Å². The number of carboxylic acids is 1. The summed E-state index contributed by atoms with van der Waals surface area (Å²) in [5.41, 5.74) is 0.797. The van der Waals surface area contributed by atoms with Gasteiger partial charge in [0.05, 0.1) is 16.0 Å². The molecule has 9 heteroatoms. The highest BCUT2D eigenvalue weighted by Gasteiger charge is 2.22. The van der Waals surface area contributed by atoms with E-state index in [4.69, 9.17) is 0 Å². The molecule has 3 rings (SSSR count). The van der Waals surface area contributed by atoms with Gasteiger partial charge in [-0.1, -0.05) is 6.07 Å². The van der Waals surface area contributed by atoms with Crippen LogP contribution in [0.5, 0.6) is 0 Å². The van der Waals surface area contributed by atoms with E-state index in [-0.39, 0.29) is 22.4 Å². The normalized spacial score (nSPS) is 10.9. The van der Waals surface area contributed by atoms with Crippen LogP contribution < -0.4 is 5.56 Å². The van der Waals surface area contributed by atoms with Crippen LogP contribution in [0, 0.1) is 24.0 Å². The second-order valence-electron chi connectivity index (χ2n) is 5.33. The van der Waals surface area contributed by atoms with E-state index in [9.17, 15) is 24.8 Å². The minimum absolute atomic E-state index is 0.161. The first-order valence-corrected chi connectivity index (χ1v) is 6.91. The molecule has 0 bridgehead atoms. The van der Waals surface area contributed by atoms with Crippen LogP contribution in [0.1, 0.15) is 21.6 Å². The number of carbonyl (C=O) groups is 1. The Hall–Kier alpha value is -3.49. The van der Waals surface area contributed by atoms with Crippen molar-refractivity contribution in [2.75, 3.05) is 0 Å². The summed E-state index contributed by atoms with van der Waals surface area (Å²) in [4.78, 5) is 36.3. The second-order valence-corrected chi connectivity index (χ2v) is 5.33. The van der Waals surface area contributed by atoms with Crippen LogP contribution in [0.25, 0.3) is 16.7 Å². The van der Waals surface area contributed by atoms with Crippen LogP contribution in [0.15, 0.2) is 29.1 Å². The van der Waals surface area contributed by atoms with E-state index >= 15 is 0 Å². The molecule has 24 heavy (non-hydrogen) atoms. The Bertz CT molecular complexity index is 1060. The van der Waals surface area contributed by atoms with E-state index in [0.29, 0.717) is 16.8 Å². The van der Waals surface area contributed by atoms with Crippen molar-refractivity contribution in [3.05, 3.63) is 61.6 Å². The third-order valence-corrected chi connectivity index (χ3v) is 3.70. The molecule has 0 unspecified atom stereocenters. The van der Waals surface area contributed by atoms with Crippen LogP contribution in [-0.4, -0.2) is 30.8 Å². The number of nitrogens with zero attached hydrogens (tertiary/aromatic N) is 3. The van der Waals surface area contributed by atoms with E-state index in [1.54, 1.807) is 13.8 Å². The number of hydrogen-bond donors (Lipinski definition) is 2. The number of pyridine rings is 1. The van der Waals surface area contributed by atoms with Crippen molar-refractivity contribution in [1.82, 2.24) is 14.8 Å². The maximum Gasteiger partial charge on any atom is 0.357 e. The molecule has 9 nitrogen and oxygen atoms in total. The number of benzene rings is 1. The number of carboxylic acid groups (broad SMARTS) is 1. The Morgan fingerprint density at radius 1 is 1.29 bits per heavy atom. The van der Waals surface area contributed by atoms with Gasteiger partial charge in [0.15, 0.2) is 5.69 Å². The smallest absolute Gasteiger partial charge is 0.357 e. The third kappa shape index (κ3) is 2.32. The van der Waals surface area contributed by atoms with Crippen molar-refractivity contribution in [2.24, 2.45) is 0 Å². The lowest BCUT2D eigenvalue weighted by atomic mass is 10.1. The monoisotopic (exact) mass is 328 g/mol. The molecule has 0 aliphatic carbocycles. The highest BCUT2D eigenvalue weighted by molar-refractivity contribution is 6.02. The molecular weight excluding hydrogens is 316 g/mol. The first-order valence-electron chi connectivity index (χ1n) is 6.91. The van der Waals surface area contributed by atoms with Gasteiger partial charge in [0.25, 0.3) is 5.69 Å². The third-order valence-electron chi connectivity index (χ3n) is 3.70. The van der Waals surface area contributed by atoms with E-state index in [0.717, 1.165) is 0 Å². The number of H-pyrrole nitrogens is 1. The molecule has 1 aromatic carbocycles. The minimum Gasteiger partial charge on any atom is -0.476 e. The largest absolute Gasteiger partial charge is 0.476 e. The molecular formula is C15H12N4O5. The maximum atomic E-state index is 11.8. The molecule has 0 fully saturated rings. The number of aryl methyl sites for hydroxylation is 2. The van der Waals surface area contributed by atoms with Crippen molar-refractivity contribution in [3.63, 3.8) is 0 Å². The quantitative estimate of drug-likeness (QED) is 0.558. The Morgan fingerprint density at radius 3 is 2.62 bits per heavy atom. The zero-order valence-corrected chi connectivity index (χ0v) is 12.7. The number of hydrogen-bond acceptors (Lipinski definition) is 5. The van der Waals surface area contributed by atoms with Gasteiger partial charge < -0.3 is 10.1 Å². The number of nitrogens with one attached hydrogen (secondary N) is 1. The minimum atomic E-state index is -1.25. The van der Waals surface area contributed by atoms with Crippen LogP contribution in [0.4, 0.5) is 5.69 Å². The van der Waals surface area contributed by atoms with Gasteiger partial charge in [0.1, 0.15) is 5.65 Å². The second kappa shape index (κ2) is 5.30. The molecule has 2 aromatic heterocycles. The Morgan fingerprint density at radius 2 is 2.00 bits per heavy atom. The van der Waals surface area contributed by atoms with E-state index in [1.165, 1.54) is 28.9 Å². The lowest BCUT2D eigenvalue weighted by molar-refractivity contribution is -0.384. The van der Waals surface area contributed by atoms with Gasteiger partial charge in [-0.25, -0.2) is 9.48 Å². The van der Waals surface area contributed by atoms with Crippen molar-refractivity contribution in [1.29, 1.82) is 0 Å². The topological polar surface area (TPSA) is 131 Å². The molecule has 0 spiro atoms. The van der Waals surface area contributed by atoms with E-state index < -0.39 is 16.5 Å². The fraction of sp³-hybridized carbons (Fsp3) is 0.133. The van der Waals surface area contributed by atoms with Crippen molar-refractivity contribution < 1.29 is 14.8 Å². The lowest BCUT2D eigenvalue weighted by Gasteiger charge is -2.07. The summed E-state index contributed by atoms with van der Waals surface area (Å²) < 4.78 is 1.22. The SMILES string of the molecule is Cc1ccc([N+](=O)[O-])cc1-n1nc(C(=O)O)c2c(C)cc(=O)[nH]c21. The van der Waals surface area contributed by atoms with Gasteiger partial charge in [-0.05, 0) is 25.0 Å². The molecule has 2 heterocycles. The summed E-state index contributed by atoms with van der Waals surface area (Å²) in [7, 11) is 0. The number of fused-ring (bicyclic) bond motifs is 1. The number of non-ortho nitro benzene ring substituents is 1. The molecule has 3 aromatic rings. The van der Waals surface area contributed by atoms with Gasteiger partial charge in [0.2, 0.25) is 5.56 Å². The van der Waals surface area contributed by atoms with Gasteiger partial charge in [-0.15, -0.1) is 0 Å². The van der Waals surface area contributed by atoms with Crippen LogP contribution in [0.2, 0.25) is 0 Å². The lowest BCUT2D eigenvalue weighted by Crippen LogP contribution is -2.08. The number of aromatic amines is 1. The zero-order valence-electron chi connectivity index (χ0n) is 12.7. The van der Waals surface area contributed by atoms with Gasteiger partial charge in [-0.3, -0.25) is 14.9 Å². The van der Waals surface area contributed by atoms with Gasteiger partial charge >= 0.3 is 5.97 Å². The summed E-state index contributed by atoms with van der Waals surface area (Å²) in [5.74, 6) is -1.25. The number of nitro benzene ring substituents is 1. The molecule has 122 valence electrons. The molecule has 0 amide bonds. The first-order chi connectivity index (χ1) is 11.3. The summed E-state index contributed by atoms with van der Waals surface area (Å²) in [6.45, 7) is 3.32. The van der Waals surface area contributed by atoms with E-state index in [2.05, 4.69) is 10.1 Å². The van der Waals surface area contributed by atoms with Crippen LogP contribution >= 0.6 is 0 Å². The van der Waals surface area contributed by atoms with Crippen molar-refractivity contribution in [2.45, 2.75) is 13.8 Å². The standard InChI is InChI=1S/C15H12N4O5/c1-7-3-4-9(19(23)24)6-10(7)18-14-12(13(17-18)15(21)22)8(2)5-11(20)16-14/h3-6H,1-2H3,(H,16,20)(H,21,22). The molecule has 0 aliphatic rings. The molecule has 0 saturated heterocycles. The number of nitro groups is 1. The molecule has 0 saturated carbocycles. The average molecular weight is 328 g/mol. The molecule has 0 aliphatic heterocycles. The number of aromatic nitrogens is 3. The summed E-state index contributed by atoms with van der Waals surface area (Å²) in [6.07, 6.45) is 0. The average Bonchev–Trinajstić information content (AvgIpc) is 2.87. The predicted molar refractivity (Wildman–Crippen MR) is 84.8 cm³/mol. The summed E-state index contributed by atoms with van der Waals surface area (Å²) >= 11 is 0. The summed E-state index contributed by atoms with van der Waals surface area (Å²) in [5, 5.41) is 24.7. The Kier molecular flexibility index (Phi) is 3.40. The number of rotatable bonds is 3. The Labute approximate surface area is 134 Å². The van der Waals surface area contributed by atoms with E-state index in [1.807, 2.05) is 0 Å². The zero-order chi connectivity index (χ0) is 17.6. The number of aromatic carboxylic acids is 1. The predicted octanol–water partition coefficient (Wildman–Crippen LogP) is 1.94. The van der Waals surface area contributed by atoms with Gasteiger partial charge in [0, 0.05) is 18.2 Å². The maximum absolute atomic E-state index is 11.8. The first kappa shape index (κ1) is 15.4.